The third-order valence-corrected chi connectivity index (χ3v) is 2.06. The second-order valence-electron chi connectivity index (χ2n) is 3.71. The molecule has 1 atom stereocenters. The molecular formula is C10H17N5O. The summed E-state index contributed by atoms with van der Waals surface area (Å²) in [5, 5.41) is 10.3. The van der Waals surface area contributed by atoms with Crippen LogP contribution in [0, 0.1) is 0 Å². The number of nitrogens with zero attached hydrogens (tertiary/aromatic N) is 3. The van der Waals surface area contributed by atoms with Gasteiger partial charge in [-0.1, -0.05) is 0 Å². The molecule has 0 aliphatic carbocycles. The molecule has 0 spiro atoms. The second-order valence-corrected chi connectivity index (χ2v) is 3.71. The molecule has 3 N–H and O–H groups in total. The van der Waals surface area contributed by atoms with Crippen LogP contribution in [0.25, 0.3) is 0 Å². The van der Waals surface area contributed by atoms with Crippen molar-refractivity contribution in [2.45, 2.75) is 13.0 Å². The fourth-order valence-corrected chi connectivity index (χ4v) is 1.30. The molecule has 6 heteroatoms. The van der Waals surface area contributed by atoms with E-state index in [1.807, 2.05) is 18.9 Å². The summed E-state index contributed by atoms with van der Waals surface area (Å²) in [6.07, 6.45) is 0. The van der Waals surface area contributed by atoms with E-state index in [1.165, 1.54) is 0 Å². The highest BCUT2D eigenvalue weighted by Gasteiger charge is 2.08. The highest BCUT2D eigenvalue weighted by molar-refractivity contribution is 5.91. The summed E-state index contributed by atoms with van der Waals surface area (Å²) in [7, 11) is 3.44. The molecule has 1 amide bonds. The van der Waals surface area contributed by atoms with Crippen molar-refractivity contribution >= 4 is 11.7 Å². The lowest BCUT2D eigenvalue weighted by molar-refractivity contribution is 0.0957. The van der Waals surface area contributed by atoms with Gasteiger partial charge >= 0.3 is 0 Å². The second kappa shape index (κ2) is 5.41. The highest BCUT2D eigenvalue weighted by atomic mass is 16.1. The van der Waals surface area contributed by atoms with Gasteiger partial charge in [0.25, 0.3) is 5.91 Å². The van der Waals surface area contributed by atoms with E-state index < -0.39 is 0 Å². The number of aromatic nitrogens is 2. The van der Waals surface area contributed by atoms with E-state index in [4.69, 9.17) is 5.73 Å². The number of rotatable bonds is 4. The zero-order chi connectivity index (χ0) is 12.1. The van der Waals surface area contributed by atoms with E-state index in [2.05, 4.69) is 15.5 Å². The van der Waals surface area contributed by atoms with E-state index in [1.54, 1.807) is 19.2 Å². The van der Waals surface area contributed by atoms with E-state index >= 15 is 0 Å². The van der Waals surface area contributed by atoms with Crippen LogP contribution in [0.1, 0.15) is 17.4 Å². The zero-order valence-corrected chi connectivity index (χ0v) is 9.77. The Balaban J connectivity index is 2.74. The molecule has 88 valence electrons. The zero-order valence-electron chi connectivity index (χ0n) is 9.77. The van der Waals surface area contributed by atoms with Crippen LogP contribution in [-0.4, -0.2) is 42.8 Å². The fourth-order valence-electron chi connectivity index (χ4n) is 1.30. The Morgan fingerprint density at radius 3 is 2.69 bits per heavy atom. The van der Waals surface area contributed by atoms with Gasteiger partial charge in [0.1, 0.15) is 0 Å². The maximum atomic E-state index is 11.2. The monoisotopic (exact) mass is 223 g/mol. The van der Waals surface area contributed by atoms with E-state index in [0.717, 1.165) is 0 Å². The fraction of sp³-hybridized carbons (Fsp3) is 0.500. The summed E-state index contributed by atoms with van der Waals surface area (Å²) in [6.45, 7) is 2.61. The largest absolute Gasteiger partial charge is 0.357 e. The van der Waals surface area contributed by atoms with Gasteiger partial charge < -0.3 is 16.0 Å². The predicted octanol–water partition coefficient (Wildman–Crippen LogP) is -0.380. The number of nitrogens with two attached hydrogens (primary N) is 1. The molecule has 0 saturated carbocycles. The minimum Gasteiger partial charge on any atom is -0.357 e. The molecule has 0 radical (unpaired) electrons. The van der Waals surface area contributed by atoms with Gasteiger partial charge in [-0.2, -0.15) is 0 Å². The molecule has 16 heavy (non-hydrogen) atoms. The quantitative estimate of drug-likeness (QED) is 0.727. The average molecular weight is 223 g/mol. The number of hydrogen-bond donors (Lipinski definition) is 2. The van der Waals surface area contributed by atoms with E-state index in [-0.39, 0.29) is 11.9 Å². The van der Waals surface area contributed by atoms with Crippen LogP contribution in [0.4, 0.5) is 5.82 Å². The predicted molar refractivity (Wildman–Crippen MR) is 62.3 cm³/mol. The average Bonchev–Trinajstić information content (AvgIpc) is 2.27. The maximum absolute atomic E-state index is 11.2. The number of amides is 1. The standard InChI is InChI=1S/C10H17N5O/c1-7(11)6-15(3)9-5-4-8(13-14-9)10(16)12-2/h4-5,7H,6,11H2,1-3H3,(H,12,16). The van der Waals surface area contributed by atoms with Crippen LogP contribution in [0.5, 0.6) is 0 Å². The molecule has 1 unspecified atom stereocenters. The van der Waals surface area contributed by atoms with Gasteiger partial charge in [-0.05, 0) is 19.1 Å². The van der Waals surface area contributed by atoms with Crippen molar-refractivity contribution < 1.29 is 4.79 Å². The van der Waals surface area contributed by atoms with Gasteiger partial charge in [0.2, 0.25) is 0 Å². The van der Waals surface area contributed by atoms with E-state index in [0.29, 0.717) is 18.1 Å². The molecule has 1 heterocycles. The summed E-state index contributed by atoms with van der Waals surface area (Å²) < 4.78 is 0. The van der Waals surface area contributed by atoms with Crippen LogP contribution >= 0.6 is 0 Å². The Morgan fingerprint density at radius 2 is 2.25 bits per heavy atom. The third-order valence-electron chi connectivity index (χ3n) is 2.06. The summed E-state index contributed by atoms with van der Waals surface area (Å²) >= 11 is 0. The molecule has 1 rings (SSSR count). The van der Waals surface area contributed by atoms with Crippen molar-refractivity contribution in [3.05, 3.63) is 17.8 Å². The summed E-state index contributed by atoms with van der Waals surface area (Å²) in [4.78, 5) is 13.1. The highest BCUT2D eigenvalue weighted by Crippen LogP contribution is 2.07. The lowest BCUT2D eigenvalue weighted by atomic mass is 10.3. The first-order valence-corrected chi connectivity index (χ1v) is 5.07. The minimum atomic E-state index is -0.242. The van der Waals surface area contributed by atoms with Crippen molar-refractivity contribution in [1.82, 2.24) is 15.5 Å². The molecule has 0 aliphatic rings. The molecule has 1 aromatic rings. The van der Waals surface area contributed by atoms with Gasteiger partial charge in [0, 0.05) is 26.7 Å². The van der Waals surface area contributed by atoms with Crippen molar-refractivity contribution in [3.63, 3.8) is 0 Å². The summed E-state index contributed by atoms with van der Waals surface area (Å²) in [5.74, 6) is 0.457. The Labute approximate surface area is 94.8 Å². The van der Waals surface area contributed by atoms with Crippen LogP contribution in [-0.2, 0) is 0 Å². The first-order chi connectivity index (χ1) is 7.54. The smallest absolute Gasteiger partial charge is 0.271 e. The van der Waals surface area contributed by atoms with Gasteiger partial charge in [0.05, 0.1) is 0 Å². The first-order valence-electron chi connectivity index (χ1n) is 5.07. The van der Waals surface area contributed by atoms with Crippen molar-refractivity contribution in [2.75, 3.05) is 25.5 Å². The Hall–Kier alpha value is -1.69. The topological polar surface area (TPSA) is 84.1 Å². The Morgan fingerprint density at radius 1 is 1.56 bits per heavy atom. The van der Waals surface area contributed by atoms with Crippen LogP contribution in [0.2, 0.25) is 0 Å². The van der Waals surface area contributed by atoms with E-state index in [9.17, 15) is 4.79 Å². The number of nitrogens with one attached hydrogen (secondary N) is 1. The molecule has 0 saturated heterocycles. The van der Waals surface area contributed by atoms with Crippen LogP contribution < -0.4 is 16.0 Å². The SMILES string of the molecule is CNC(=O)c1ccc(N(C)CC(C)N)nn1. The van der Waals surface area contributed by atoms with Crippen molar-refractivity contribution in [2.24, 2.45) is 5.73 Å². The normalized spacial score (nSPS) is 12.0. The van der Waals surface area contributed by atoms with Crippen LogP contribution in [0.15, 0.2) is 12.1 Å². The molecular weight excluding hydrogens is 206 g/mol. The van der Waals surface area contributed by atoms with Gasteiger partial charge in [-0.3, -0.25) is 4.79 Å². The van der Waals surface area contributed by atoms with Gasteiger partial charge in [-0.25, -0.2) is 0 Å². The van der Waals surface area contributed by atoms with Gasteiger partial charge in [-0.15, -0.1) is 10.2 Å². The maximum Gasteiger partial charge on any atom is 0.271 e. The summed E-state index contributed by atoms with van der Waals surface area (Å²) in [6, 6.07) is 3.45. The molecule has 0 fully saturated rings. The minimum absolute atomic E-state index is 0.0606. The molecule has 1 aromatic heterocycles. The number of carbonyl (C=O) groups is 1. The number of hydrogen-bond acceptors (Lipinski definition) is 5. The third kappa shape index (κ3) is 3.16. The first kappa shape index (κ1) is 12.4. The number of carbonyl (C=O) groups excluding carboxylic acids is 1. The summed E-state index contributed by atoms with van der Waals surface area (Å²) in [5.41, 5.74) is 5.98. The number of likely N-dealkylation sites (N-methyl/N-ethyl adjacent to an activating group) is 1. The molecule has 0 aliphatic heterocycles. The van der Waals surface area contributed by atoms with Crippen LogP contribution in [0.3, 0.4) is 0 Å². The number of anilines is 1. The molecule has 0 aromatic carbocycles. The lowest BCUT2D eigenvalue weighted by Gasteiger charge is -2.19. The molecule has 6 nitrogen and oxygen atoms in total. The van der Waals surface area contributed by atoms with Crippen molar-refractivity contribution in [1.29, 1.82) is 0 Å². The molecule has 0 bridgehead atoms. The lowest BCUT2D eigenvalue weighted by Crippen LogP contribution is -2.33. The van der Waals surface area contributed by atoms with Gasteiger partial charge in [0.15, 0.2) is 11.5 Å². The van der Waals surface area contributed by atoms with Crippen molar-refractivity contribution in [3.8, 4) is 0 Å². The Kier molecular flexibility index (Phi) is 4.19. The Bertz CT molecular complexity index is 349.